The Labute approximate surface area is 192 Å². The van der Waals surface area contributed by atoms with Gasteiger partial charge in [-0.15, -0.1) is 0 Å². The van der Waals surface area contributed by atoms with Crippen molar-refractivity contribution in [3.8, 4) is 5.75 Å². The molecular weight excluding hydrogens is 527 g/mol. The van der Waals surface area contributed by atoms with Crippen LogP contribution in [0.4, 0.5) is 0 Å². The molecule has 11 heteroatoms. The van der Waals surface area contributed by atoms with Gasteiger partial charge in [-0.3, -0.25) is 19.2 Å². The van der Waals surface area contributed by atoms with Crippen molar-refractivity contribution in [1.29, 1.82) is 0 Å². The van der Waals surface area contributed by atoms with Crippen LogP contribution in [0.15, 0.2) is 24.3 Å². The number of carbonyl (C=O) groups excluding carboxylic acids is 4. The predicted octanol–water partition coefficient (Wildman–Crippen LogP) is 1.75. The standard InChI is InChI=1S/C20H23IO10/c1-10(22)26-9-16-17(27-11(2)23)18(28-12(3)24)19(29-13(4)25)20(31-16)30-15-7-5-6-14(21)8-15/h5-8,16-20H,9H2,1-4H3/t16-,17-,18+,19+,20+/m1/s1. The second-order valence-corrected chi connectivity index (χ2v) is 7.89. The first-order valence-corrected chi connectivity index (χ1v) is 10.4. The molecule has 0 aliphatic carbocycles. The summed E-state index contributed by atoms with van der Waals surface area (Å²) in [5, 5.41) is 0. The van der Waals surface area contributed by atoms with E-state index in [-0.39, 0.29) is 6.61 Å². The van der Waals surface area contributed by atoms with E-state index in [4.69, 9.17) is 28.4 Å². The van der Waals surface area contributed by atoms with Crippen molar-refractivity contribution < 1.29 is 47.6 Å². The molecule has 10 nitrogen and oxygen atoms in total. The number of carbonyl (C=O) groups is 4. The zero-order valence-electron chi connectivity index (χ0n) is 17.4. The first-order chi connectivity index (χ1) is 14.6. The van der Waals surface area contributed by atoms with Gasteiger partial charge in [-0.25, -0.2) is 0 Å². The van der Waals surface area contributed by atoms with Gasteiger partial charge in [0.25, 0.3) is 0 Å². The normalized spacial score (nSPS) is 25.1. The summed E-state index contributed by atoms with van der Waals surface area (Å²) in [7, 11) is 0. The van der Waals surface area contributed by atoms with E-state index in [1.807, 2.05) is 6.07 Å². The summed E-state index contributed by atoms with van der Waals surface area (Å²) in [4.78, 5) is 46.6. The van der Waals surface area contributed by atoms with Crippen LogP contribution in [0.25, 0.3) is 0 Å². The molecule has 5 atom stereocenters. The van der Waals surface area contributed by atoms with Crippen LogP contribution >= 0.6 is 22.6 Å². The van der Waals surface area contributed by atoms with Gasteiger partial charge in [0.1, 0.15) is 18.5 Å². The number of esters is 4. The fourth-order valence-corrected chi connectivity index (χ4v) is 3.47. The topological polar surface area (TPSA) is 124 Å². The Morgan fingerprint density at radius 2 is 1.45 bits per heavy atom. The molecule has 170 valence electrons. The molecule has 1 aliphatic heterocycles. The number of ether oxygens (including phenoxy) is 6. The third-order valence-corrected chi connectivity index (χ3v) is 4.67. The first kappa shape index (κ1) is 24.9. The predicted molar refractivity (Wildman–Crippen MR) is 112 cm³/mol. The van der Waals surface area contributed by atoms with Crippen LogP contribution in [0, 0.1) is 3.57 Å². The van der Waals surface area contributed by atoms with E-state index in [0.717, 1.165) is 17.4 Å². The number of benzene rings is 1. The zero-order chi connectivity index (χ0) is 23.1. The van der Waals surface area contributed by atoms with Gasteiger partial charge < -0.3 is 28.4 Å². The lowest BCUT2D eigenvalue weighted by atomic mass is 9.98. The molecule has 0 N–H and O–H groups in total. The molecule has 0 spiro atoms. The molecule has 0 bridgehead atoms. The van der Waals surface area contributed by atoms with Crippen LogP contribution in [-0.4, -0.2) is 61.2 Å². The lowest BCUT2D eigenvalue weighted by molar-refractivity contribution is -0.288. The largest absolute Gasteiger partial charge is 0.463 e. The Bertz CT molecular complexity index is 826. The Balaban J connectivity index is 2.44. The fraction of sp³-hybridized carbons (Fsp3) is 0.500. The fourth-order valence-electron chi connectivity index (χ4n) is 2.96. The van der Waals surface area contributed by atoms with E-state index in [1.165, 1.54) is 13.8 Å². The SMILES string of the molecule is CC(=O)OC[C@H]1O[C@H](Oc2cccc(I)c2)[C@@H](OC(C)=O)[C@@H](OC(C)=O)[C@@H]1OC(C)=O. The Hall–Kier alpha value is -2.41. The third kappa shape index (κ3) is 7.65. The molecule has 0 amide bonds. The van der Waals surface area contributed by atoms with Crippen LogP contribution in [0.5, 0.6) is 5.75 Å². The minimum absolute atomic E-state index is 0.315. The van der Waals surface area contributed by atoms with Crippen molar-refractivity contribution in [2.24, 2.45) is 0 Å². The molecule has 1 heterocycles. The van der Waals surface area contributed by atoms with Crippen molar-refractivity contribution >= 4 is 46.5 Å². The van der Waals surface area contributed by atoms with Crippen LogP contribution in [0.2, 0.25) is 0 Å². The molecule has 31 heavy (non-hydrogen) atoms. The van der Waals surface area contributed by atoms with Crippen molar-refractivity contribution in [3.63, 3.8) is 0 Å². The lowest BCUT2D eigenvalue weighted by Gasteiger charge is -2.43. The number of halogens is 1. The minimum Gasteiger partial charge on any atom is -0.463 e. The second-order valence-electron chi connectivity index (χ2n) is 6.64. The first-order valence-electron chi connectivity index (χ1n) is 9.29. The van der Waals surface area contributed by atoms with Gasteiger partial charge in [0, 0.05) is 31.3 Å². The van der Waals surface area contributed by atoms with Crippen LogP contribution in [-0.2, 0) is 42.9 Å². The van der Waals surface area contributed by atoms with E-state index in [0.29, 0.717) is 5.75 Å². The van der Waals surface area contributed by atoms with Gasteiger partial charge in [0.2, 0.25) is 12.4 Å². The van der Waals surface area contributed by atoms with Gasteiger partial charge in [-0.2, -0.15) is 0 Å². The Morgan fingerprint density at radius 1 is 0.871 bits per heavy atom. The van der Waals surface area contributed by atoms with Gasteiger partial charge >= 0.3 is 23.9 Å². The smallest absolute Gasteiger partial charge is 0.303 e. The highest BCUT2D eigenvalue weighted by Gasteiger charge is 2.53. The van der Waals surface area contributed by atoms with Crippen LogP contribution < -0.4 is 4.74 Å². The molecule has 0 radical (unpaired) electrons. The molecule has 1 aromatic carbocycles. The van der Waals surface area contributed by atoms with Gasteiger partial charge in [-0.05, 0) is 40.8 Å². The molecule has 1 fully saturated rings. The highest BCUT2D eigenvalue weighted by atomic mass is 127. The highest BCUT2D eigenvalue weighted by Crippen LogP contribution is 2.31. The van der Waals surface area contributed by atoms with E-state index < -0.39 is 54.6 Å². The van der Waals surface area contributed by atoms with E-state index in [1.54, 1.807) is 18.2 Å². The summed E-state index contributed by atoms with van der Waals surface area (Å²) < 4.78 is 33.6. The maximum absolute atomic E-state index is 11.8. The molecule has 1 aromatic rings. The minimum atomic E-state index is -1.27. The molecule has 2 rings (SSSR count). The van der Waals surface area contributed by atoms with Crippen molar-refractivity contribution in [3.05, 3.63) is 27.8 Å². The van der Waals surface area contributed by atoms with E-state index >= 15 is 0 Å². The number of hydrogen-bond donors (Lipinski definition) is 0. The molecule has 0 unspecified atom stereocenters. The van der Waals surface area contributed by atoms with Crippen LogP contribution in [0.3, 0.4) is 0 Å². The molecule has 1 aliphatic rings. The Morgan fingerprint density at radius 3 is 2.00 bits per heavy atom. The summed E-state index contributed by atoms with van der Waals surface area (Å²) >= 11 is 2.10. The number of hydrogen-bond acceptors (Lipinski definition) is 10. The number of rotatable bonds is 7. The summed E-state index contributed by atoms with van der Waals surface area (Å²) in [5.74, 6) is -2.29. The van der Waals surface area contributed by atoms with E-state index in [9.17, 15) is 19.2 Å². The van der Waals surface area contributed by atoms with Crippen molar-refractivity contribution in [2.75, 3.05) is 6.61 Å². The summed E-state index contributed by atoms with van der Waals surface area (Å²) in [5.41, 5.74) is 0. The quantitative estimate of drug-likeness (QED) is 0.282. The average Bonchev–Trinajstić information content (AvgIpc) is 2.64. The third-order valence-electron chi connectivity index (χ3n) is 4.00. The van der Waals surface area contributed by atoms with Crippen molar-refractivity contribution in [2.45, 2.75) is 58.4 Å². The summed E-state index contributed by atoms with van der Waals surface area (Å²) in [6.45, 7) is 4.36. The zero-order valence-corrected chi connectivity index (χ0v) is 19.5. The monoisotopic (exact) mass is 550 g/mol. The van der Waals surface area contributed by atoms with Crippen molar-refractivity contribution in [1.82, 2.24) is 0 Å². The summed E-state index contributed by atoms with van der Waals surface area (Å²) in [6, 6.07) is 6.98. The van der Waals surface area contributed by atoms with Gasteiger partial charge in [-0.1, -0.05) is 6.07 Å². The van der Waals surface area contributed by atoms with Gasteiger partial charge in [0.15, 0.2) is 12.2 Å². The van der Waals surface area contributed by atoms with E-state index in [2.05, 4.69) is 22.6 Å². The summed E-state index contributed by atoms with van der Waals surface area (Å²) in [6.07, 6.45) is -6.07. The van der Waals surface area contributed by atoms with Crippen LogP contribution in [0.1, 0.15) is 27.7 Å². The molecule has 0 aromatic heterocycles. The maximum atomic E-state index is 11.8. The maximum Gasteiger partial charge on any atom is 0.303 e. The molecule has 1 saturated heterocycles. The molecular formula is C20H23IO10. The van der Waals surface area contributed by atoms with Gasteiger partial charge in [0.05, 0.1) is 0 Å². The molecule has 0 saturated carbocycles. The Kier molecular flexibility index (Phi) is 9.04. The average molecular weight is 550 g/mol. The second kappa shape index (κ2) is 11.3. The highest BCUT2D eigenvalue weighted by molar-refractivity contribution is 14.1. The lowest BCUT2D eigenvalue weighted by Crippen LogP contribution is -2.63.